The van der Waals surface area contributed by atoms with E-state index in [2.05, 4.69) is 25.7 Å². The van der Waals surface area contributed by atoms with Crippen molar-refractivity contribution in [1.29, 1.82) is 0 Å². The summed E-state index contributed by atoms with van der Waals surface area (Å²) < 4.78 is 5.14. The minimum atomic E-state index is -0.0869. The van der Waals surface area contributed by atoms with E-state index in [9.17, 15) is 4.79 Å². The summed E-state index contributed by atoms with van der Waals surface area (Å²) in [6.45, 7) is 5.13. The summed E-state index contributed by atoms with van der Waals surface area (Å²) in [4.78, 5) is 14.2. The number of hydrogen-bond acceptors (Lipinski definition) is 6. The summed E-state index contributed by atoms with van der Waals surface area (Å²) in [5.74, 6) is 1.05. The van der Waals surface area contributed by atoms with Crippen LogP contribution in [0.3, 0.4) is 0 Å². The molecule has 7 nitrogen and oxygen atoms in total. The van der Waals surface area contributed by atoms with E-state index < -0.39 is 0 Å². The molecule has 2 aliphatic rings. The van der Waals surface area contributed by atoms with E-state index in [1.807, 2.05) is 0 Å². The van der Waals surface area contributed by atoms with Crippen molar-refractivity contribution in [2.45, 2.75) is 25.8 Å². The van der Waals surface area contributed by atoms with Crippen molar-refractivity contribution in [3.63, 3.8) is 0 Å². The second kappa shape index (κ2) is 5.26. The van der Waals surface area contributed by atoms with Gasteiger partial charge in [-0.2, -0.15) is 0 Å². The highest BCUT2D eigenvalue weighted by Crippen LogP contribution is 2.26. The number of nitrogens with zero attached hydrogens (tertiary/aromatic N) is 3. The number of rotatable bonds is 3. The van der Waals surface area contributed by atoms with Crippen LogP contribution in [0.15, 0.2) is 4.42 Å². The van der Waals surface area contributed by atoms with E-state index in [1.165, 1.54) is 6.42 Å². The van der Waals surface area contributed by atoms with Crippen LogP contribution in [0.2, 0.25) is 0 Å². The van der Waals surface area contributed by atoms with Crippen LogP contribution in [0.25, 0.3) is 0 Å². The molecular weight excluding hydrogens is 246 g/mol. The molecule has 104 valence electrons. The molecule has 0 aliphatic carbocycles. The van der Waals surface area contributed by atoms with Gasteiger partial charge >= 0.3 is 6.01 Å². The molecular formula is C12H19N5O2. The molecule has 7 heteroatoms. The Balaban J connectivity index is 1.56. The Labute approximate surface area is 111 Å². The molecule has 2 fully saturated rings. The lowest BCUT2D eigenvalue weighted by Gasteiger charge is -2.36. The number of anilines is 1. The fourth-order valence-electron chi connectivity index (χ4n) is 3.05. The van der Waals surface area contributed by atoms with E-state index in [0.29, 0.717) is 24.4 Å². The minimum Gasteiger partial charge on any atom is -0.408 e. The summed E-state index contributed by atoms with van der Waals surface area (Å²) >= 11 is 0. The molecule has 0 aromatic carbocycles. The number of carbonyl (C=O) groups excluding carboxylic acids is 1. The van der Waals surface area contributed by atoms with Gasteiger partial charge in [0.25, 0.3) is 0 Å². The maximum atomic E-state index is 12.0. The van der Waals surface area contributed by atoms with Crippen molar-refractivity contribution < 1.29 is 9.21 Å². The highest BCUT2D eigenvalue weighted by Gasteiger charge is 2.35. The second-order valence-electron chi connectivity index (χ2n) is 5.27. The van der Waals surface area contributed by atoms with Gasteiger partial charge in [0.2, 0.25) is 11.8 Å². The molecule has 1 amide bonds. The molecule has 2 unspecified atom stereocenters. The summed E-state index contributed by atoms with van der Waals surface area (Å²) in [5, 5.41) is 13.5. The Kier molecular flexibility index (Phi) is 3.48. The molecule has 2 aliphatic heterocycles. The zero-order valence-electron chi connectivity index (χ0n) is 11.1. The van der Waals surface area contributed by atoms with Crippen LogP contribution < -0.4 is 10.6 Å². The van der Waals surface area contributed by atoms with Gasteiger partial charge in [0.1, 0.15) is 0 Å². The summed E-state index contributed by atoms with van der Waals surface area (Å²) in [6.07, 6.45) is 2.43. The zero-order chi connectivity index (χ0) is 13.2. The van der Waals surface area contributed by atoms with Gasteiger partial charge in [-0.25, -0.2) is 0 Å². The van der Waals surface area contributed by atoms with Gasteiger partial charge in [0.05, 0.1) is 6.54 Å². The smallest absolute Gasteiger partial charge is 0.322 e. The van der Waals surface area contributed by atoms with Crippen LogP contribution in [0.5, 0.6) is 0 Å². The van der Waals surface area contributed by atoms with E-state index in [-0.39, 0.29) is 11.9 Å². The van der Waals surface area contributed by atoms with E-state index in [1.54, 1.807) is 6.92 Å². The monoisotopic (exact) mass is 265 g/mol. The lowest BCUT2D eigenvalue weighted by molar-refractivity contribution is -0.118. The van der Waals surface area contributed by atoms with Gasteiger partial charge in [-0.05, 0) is 31.8 Å². The van der Waals surface area contributed by atoms with Crippen LogP contribution in [0.4, 0.5) is 6.01 Å². The third-order valence-corrected chi connectivity index (χ3v) is 3.91. The average Bonchev–Trinajstić information content (AvgIpc) is 2.98. The number of likely N-dealkylation sites (tertiary alicyclic amines) is 1. The predicted molar refractivity (Wildman–Crippen MR) is 68.6 cm³/mol. The maximum Gasteiger partial charge on any atom is 0.322 e. The number of nitrogens with one attached hydrogen (secondary N) is 2. The highest BCUT2D eigenvalue weighted by molar-refractivity contribution is 5.90. The molecule has 1 aromatic rings. The molecule has 0 bridgehead atoms. The standard InChI is InChI=1S/C12H19N5O2/c1-8-15-16-12(19-8)14-11(18)7-17-4-2-3-9-5-13-6-10(9)17/h9-10,13H,2-7H2,1H3,(H,14,16,18). The van der Waals surface area contributed by atoms with Crippen LogP contribution in [0, 0.1) is 12.8 Å². The fourth-order valence-corrected chi connectivity index (χ4v) is 3.05. The van der Waals surface area contributed by atoms with E-state index in [0.717, 1.165) is 26.1 Å². The van der Waals surface area contributed by atoms with Gasteiger partial charge in [-0.15, -0.1) is 5.10 Å². The van der Waals surface area contributed by atoms with Gasteiger partial charge in [0, 0.05) is 19.5 Å². The fraction of sp³-hybridized carbons (Fsp3) is 0.750. The lowest BCUT2D eigenvalue weighted by atomic mass is 9.92. The van der Waals surface area contributed by atoms with E-state index in [4.69, 9.17) is 4.42 Å². The molecule has 2 N–H and O–H groups in total. The van der Waals surface area contributed by atoms with E-state index >= 15 is 0 Å². The summed E-state index contributed by atoms with van der Waals surface area (Å²) in [7, 11) is 0. The van der Waals surface area contributed by atoms with Crippen molar-refractivity contribution in [3.05, 3.63) is 5.89 Å². The number of amides is 1. The summed E-state index contributed by atoms with van der Waals surface area (Å²) in [5.41, 5.74) is 0. The third-order valence-electron chi connectivity index (χ3n) is 3.91. The number of aromatic nitrogens is 2. The van der Waals surface area contributed by atoms with Crippen molar-refractivity contribution in [1.82, 2.24) is 20.4 Å². The first-order chi connectivity index (χ1) is 9.22. The van der Waals surface area contributed by atoms with Gasteiger partial charge in [0.15, 0.2) is 0 Å². The largest absolute Gasteiger partial charge is 0.408 e. The van der Waals surface area contributed by atoms with Crippen LogP contribution in [-0.4, -0.2) is 53.2 Å². The quantitative estimate of drug-likeness (QED) is 0.800. The first-order valence-corrected chi connectivity index (χ1v) is 6.77. The topological polar surface area (TPSA) is 83.3 Å². The van der Waals surface area contributed by atoms with Gasteiger partial charge < -0.3 is 9.73 Å². The number of fused-ring (bicyclic) bond motifs is 1. The minimum absolute atomic E-state index is 0.0869. The molecule has 2 saturated heterocycles. The van der Waals surface area contributed by atoms with Crippen molar-refractivity contribution in [2.75, 3.05) is 31.5 Å². The van der Waals surface area contributed by atoms with Crippen LogP contribution in [0.1, 0.15) is 18.7 Å². The Morgan fingerprint density at radius 2 is 2.42 bits per heavy atom. The Morgan fingerprint density at radius 3 is 3.21 bits per heavy atom. The number of hydrogen-bond donors (Lipinski definition) is 2. The third kappa shape index (κ3) is 2.76. The first-order valence-electron chi connectivity index (χ1n) is 6.77. The molecule has 0 spiro atoms. The summed E-state index contributed by atoms with van der Waals surface area (Å²) in [6, 6.07) is 0.671. The molecule has 0 saturated carbocycles. The van der Waals surface area contributed by atoms with Gasteiger partial charge in [-0.3, -0.25) is 15.0 Å². The molecule has 0 radical (unpaired) electrons. The molecule has 1 aromatic heterocycles. The SMILES string of the molecule is Cc1nnc(NC(=O)CN2CCCC3CNCC32)o1. The van der Waals surface area contributed by atoms with Crippen LogP contribution in [-0.2, 0) is 4.79 Å². The molecule has 19 heavy (non-hydrogen) atoms. The zero-order valence-corrected chi connectivity index (χ0v) is 11.1. The number of aryl methyl sites for hydroxylation is 1. The molecule has 3 heterocycles. The Morgan fingerprint density at radius 1 is 1.53 bits per heavy atom. The average molecular weight is 265 g/mol. The second-order valence-corrected chi connectivity index (χ2v) is 5.27. The predicted octanol–water partition coefficient (Wildman–Crippen LogP) is 0.000320. The van der Waals surface area contributed by atoms with Crippen LogP contribution >= 0.6 is 0 Å². The first kappa shape index (κ1) is 12.6. The van der Waals surface area contributed by atoms with Crippen molar-refractivity contribution >= 4 is 11.9 Å². The van der Waals surface area contributed by atoms with Crippen molar-refractivity contribution in [3.8, 4) is 0 Å². The molecule has 3 rings (SSSR count). The normalized spacial score (nSPS) is 27.2. The molecule has 2 atom stereocenters. The Hall–Kier alpha value is -1.47. The van der Waals surface area contributed by atoms with Crippen molar-refractivity contribution in [2.24, 2.45) is 5.92 Å². The highest BCUT2D eigenvalue weighted by atomic mass is 16.4. The van der Waals surface area contributed by atoms with Gasteiger partial charge in [-0.1, -0.05) is 5.10 Å². The lowest BCUT2D eigenvalue weighted by Crippen LogP contribution is -2.48. The number of carbonyl (C=O) groups is 1. The Bertz CT molecular complexity index is 461. The maximum absolute atomic E-state index is 12.0. The number of piperidine rings is 1.